The maximum absolute atomic E-state index is 14.1. The molecule has 0 fully saturated rings. The zero-order valence-corrected chi connectivity index (χ0v) is 21.8. The third-order valence-corrected chi connectivity index (χ3v) is 8.40. The van der Waals surface area contributed by atoms with E-state index < -0.39 is 10.00 Å². The molecule has 0 spiro atoms. The zero-order chi connectivity index (χ0) is 26.2. The van der Waals surface area contributed by atoms with Crippen molar-refractivity contribution >= 4 is 23.3 Å². The van der Waals surface area contributed by atoms with Crippen LogP contribution in [0.4, 0.5) is 0 Å². The average Bonchev–Trinajstić information content (AvgIpc) is 3.01. The molecule has 38 heavy (non-hydrogen) atoms. The fraction of sp³-hybridized carbons (Fsp3) is 0.0857. The smallest absolute Gasteiger partial charge is 0.176 e. The summed E-state index contributed by atoms with van der Waals surface area (Å²) in [6.45, 7) is 0. The molecule has 0 aromatic heterocycles. The van der Waals surface area contributed by atoms with Crippen LogP contribution >= 0.6 is 11.8 Å². The van der Waals surface area contributed by atoms with E-state index >= 15 is 0 Å². The first-order chi connectivity index (χ1) is 18.7. The number of ketones is 2. The molecule has 0 bridgehead atoms. The molecule has 2 nitrogen and oxygen atoms in total. The Balaban J connectivity index is 1.68. The third kappa shape index (κ3) is 5.39. The molecule has 0 heterocycles. The van der Waals surface area contributed by atoms with Gasteiger partial charge in [-0.2, -0.15) is 0 Å². The standard InChI is InChI=1S/C35H28O2S/c36-32(27-16-6-1-7-17-27)26-33(34(37)28-18-8-2-9-19-28)38-35(29-20-10-3-11-21-29,30-22-12-4-13-23-30)31-24-14-5-15-25-31/h1-25,33H,26H2/t33-/m1/s1. The molecular weight excluding hydrogens is 484 g/mol. The number of benzene rings is 5. The van der Waals surface area contributed by atoms with Crippen LogP contribution in [-0.2, 0) is 4.75 Å². The predicted octanol–water partition coefficient (Wildman–Crippen LogP) is 8.24. The molecule has 0 radical (unpaired) electrons. The Morgan fingerprint density at radius 1 is 0.500 bits per heavy atom. The Morgan fingerprint density at radius 2 is 0.842 bits per heavy atom. The van der Waals surface area contributed by atoms with Gasteiger partial charge in [-0.25, -0.2) is 0 Å². The highest BCUT2D eigenvalue weighted by atomic mass is 32.2. The van der Waals surface area contributed by atoms with Gasteiger partial charge in [0.25, 0.3) is 0 Å². The van der Waals surface area contributed by atoms with Crippen molar-refractivity contribution in [2.24, 2.45) is 0 Å². The Labute approximate surface area is 228 Å². The normalized spacial score (nSPS) is 12.0. The van der Waals surface area contributed by atoms with Gasteiger partial charge in [-0.3, -0.25) is 9.59 Å². The van der Waals surface area contributed by atoms with Crippen molar-refractivity contribution in [1.29, 1.82) is 0 Å². The van der Waals surface area contributed by atoms with E-state index in [1.807, 2.05) is 115 Å². The van der Waals surface area contributed by atoms with Gasteiger partial charge in [-0.1, -0.05) is 152 Å². The highest BCUT2D eigenvalue weighted by Gasteiger charge is 2.42. The summed E-state index contributed by atoms with van der Waals surface area (Å²) in [5.41, 5.74) is 4.39. The van der Waals surface area contributed by atoms with E-state index in [1.54, 1.807) is 11.8 Å². The summed E-state index contributed by atoms with van der Waals surface area (Å²) in [5.74, 6) is -0.0949. The SMILES string of the molecule is O=C(C[C@@H](SC(c1ccccc1)(c1ccccc1)c1ccccc1)C(=O)c1ccccc1)c1ccccc1. The van der Waals surface area contributed by atoms with Crippen LogP contribution in [0.3, 0.4) is 0 Å². The van der Waals surface area contributed by atoms with E-state index in [4.69, 9.17) is 0 Å². The summed E-state index contributed by atoms with van der Waals surface area (Å²) in [5, 5.41) is -0.620. The highest BCUT2D eigenvalue weighted by molar-refractivity contribution is 8.02. The van der Waals surface area contributed by atoms with Crippen molar-refractivity contribution in [2.75, 3.05) is 0 Å². The number of hydrogen-bond acceptors (Lipinski definition) is 3. The van der Waals surface area contributed by atoms with Gasteiger partial charge in [0.05, 0.1) is 10.00 Å². The van der Waals surface area contributed by atoms with Crippen molar-refractivity contribution in [2.45, 2.75) is 16.4 Å². The van der Waals surface area contributed by atoms with E-state index in [0.29, 0.717) is 11.1 Å². The number of hydrogen-bond donors (Lipinski definition) is 0. The topological polar surface area (TPSA) is 34.1 Å². The Hall–Kier alpha value is -4.21. The monoisotopic (exact) mass is 512 g/mol. The average molecular weight is 513 g/mol. The predicted molar refractivity (Wildman–Crippen MR) is 157 cm³/mol. The van der Waals surface area contributed by atoms with Crippen molar-refractivity contribution in [1.82, 2.24) is 0 Å². The molecule has 0 saturated carbocycles. The van der Waals surface area contributed by atoms with E-state index in [9.17, 15) is 9.59 Å². The van der Waals surface area contributed by atoms with Gasteiger partial charge in [0, 0.05) is 17.5 Å². The van der Waals surface area contributed by atoms with Crippen LogP contribution in [0.15, 0.2) is 152 Å². The molecule has 0 saturated heterocycles. The van der Waals surface area contributed by atoms with Crippen molar-refractivity contribution in [3.05, 3.63) is 179 Å². The Bertz CT molecular complexity index is 1370. The number of Topliss-reactive ketones (excluding diaryl/α,β-unsaturated/α-hetero) is 2. The summed E-state index contributed by atoms with van der Waals surface area (Å²) < 4.78 is -0.712. The molecule has 0 aliphatic rings. The number of rotatable bonds is 10. The van der Waals surface area contributed by atoms with Crippen LogP contribution in [-0.4, -0.2) is 16.8 Å². The van der Waals surface area contributed by atoms with E-state index in [0.717, 1.165) is 16.7 Å². The second kappa shape index (κ2) is 11.9. The molecule has 186 valence electrons. The lowest BCUT2D eigenvalue weighted by Crippen LogP contribution is -2.33. The molecular formula is C35H28O2S. The summed E-state index contributed by atoms with van der Waals surface area (Å²) in [4.78, 5) is 27.6. The molecule has 5 rings (SSSR count). The van der Waals surface area contributed by atoms with Gasteiger partial charge in [0.2, 0.25) is 0 Å². The lowest BCUT2D eigenvalue weighted by atomic mass is 9.84. The van der Waals surface area contributed by atoms with Crippen LogP contribution in [0.25, 0.3) is 0 Å². The summed E-state index contributed by atoms with van der Waals surface area (Å²) in [6.07, 6.45) is 0.0939. The van der Waals surface area contributed by atoms with Crippen LogP contribution in [0.2, 0.25) is 0 Å². The zero-order valence-electron chi connectivity index (χ0n) is 20.9. The first-order valence-corrected chi connectivity index (χ1v) is 13.6. The quantitative estimate of drug-likeness (QED) is 0.140. The number of thioether (sulfide) groups is 1. The van der Waals surface area contributed by atoms with E-state index in [-0.39, 0.29) is 18.0 Å². The van der Waals surface area contributed by atoms with Gasteiger partial charge in [-0.05, 0) is 16.7 Å². The van der Waals surface area contributed by atoms with E-state index in [1.165, 1.54) is 0 Å². The summed E-state index contributed by atoms with van der Waals surface area (Å²) >= 11 is 1.55. The highest BCUT2D eigenvalue weighted by Crippen LogP contribution is 2.51. The Kier molecular flexibility index (Phi) is 7.96. The molecule has 3 heteroatoms. The van der Waals surface area contributed by atoms with Crippen molar-refractivity contribution < 1.29 is 9.59 Å². The van der Waals surface area contributed by atoms with Crippen LogP contribution in [0.1, 0.15) is 43.8 Å². The second-order valence-corrected chi connectivity index (χ2v) is 10.5. The lowest BCUT2D eigenvalue weighted by molar-refractivity contribution is 0.0923. The van der Waals surface area contributed by atoms with E-state index in [2.05, 4.69) is 36.4 Å². The van der Waals surface area contributed by atoms with Crippen LogP contribution < -0.4 is 0 Å². The van der Waals surface area contributed by atoms with Gasteiger partial charge in [0.1, 0.15) is 0 Å². The minimum atomic E-state index is -0.712. The lowest BCUT2D eigenvalue weighted by Gasteiger charge is -2.38. The first kappa shape index (κ1) is 25.4. The molecule has 5 aromatic carbocycles. The maximum atomic E-state index is 14.1. The van der Waals surface area contributed by atoms with Crippen LogP contribution in [0.5, 0.6) is 0 Å². The fourth-order valence-electron chi connectivity index (χ4n) is 4.82. The maximum Gasteiger partial charge on any atom is 0.176 e. The molecule has 0 amide bonds. The number of carbonyl (C=O) groups is 2. The molecule has 0 aliphatic heterocycles. The second-order valence-electron chi connectivity index (χ2n) is 9.11. The minimum absolute atomic E-state index is 0.0459. The van der Waals surface area contributed by atoms with Gasteiger partial charge in [-0.15, -0.1) is 11.8 Å². The summed E-state index contributed by atoms with van der Waals surface area (Å²) in [7, 11) is 0. The van der Waals surface area contributed by atoms with Gasteiger partial charge < -0.3 is 0 Å². The van der Waals surface area contributed by atoms with Crippen molar-refractivity contribution in [3.8, 4) is 0 Å². The molecule has 1 atom stereocenters. The van der Waals surface area contributed by atoms with Gasteiger partial charge in [0.15, 0.2) is 11.6 Å². The van der Waals surface area contributed by atoms with Crippen LogP contribution in [0, 0.1) is 0 Å². The molecule has 0 N–H and O–H groups in total. The molecule has 5 aromatic rings. The molecule has 0 unspecified atom stereocenters. The fourth-order valence-corrected chi connectivity index (χ4v) is 6.54. The number of carbonyl (C=O) groups excluding carboxylic acids is 2. The largest absolute Gasteiger partial charge is 0.294 e. The minimum Gasteiger partial charge on any atom is -0.294 e. The van der Waals surface area contributed by atoms with Crippen molar-refractivity contribution in [3.63, 3.8) is 0 Å². The first-order valence-electron chi connectivity index (χ1n) is 12.7. The summed E-state index contributed by atoms with van der Waals surface area (Å²) in [6, 6.07) is 49.3. The third-order valence-electron chi connectivity index (χ3n) is 6.68. The van der Waals surface area contributed by atoms with Gasteiger partial charge >= 0.3 is 0 Å². The Morgan fingerprint density at radius 3 is 1.24 bits per heavy atom. The molecule has 0 aliphatic carbocycles.